The molecule has 1 rings (SSSR count). The Morgan fingerprint density at radius 3 is 1.51 bits per heavy atom. The van der Waals surface area contributed by atoms with Gasteiger partial charge in [0.15, 0.2) is 6.29 Å². The Balaban J connectivity index is 2.51. The maximum atomic E-state index is 13.0. The van der Waals surface area contributed by atoms with Crippen molar-refractivity contribution in [3.8, 4) is 0 Å². The summed E-state index contributed by atoms with van der Waals surface area (Å²) in [6.07, 6.45) is 22.6. The third-order valence-corrected chi connectivity index (χ3v) is 10.9. The van der Waals surface area contributed by atoms with Gasteiger partial charge in [-0.1, -0.05) is 174 Å². The quantitative estimate of drug-likeness (QED) is 0.0274. The van der Waals surface area contributed by atoms with Crippen LogP contribution in [0.4, 0.5) is 0 Å². The smallest absolute Gasteiger partial charge is 0.394 e. The Morgan fingerprint density at radius 1 is 0.679 bits per heavy atom. The normalized spacial score (nSPS) is 21.8. The molecule has 0 aromatic heterocycles. The maximum Gasteiger partial charge on any atom is 0.397 e. The molecular weight excluding hydrogens is 703 g/mol. The summed E-state index contributed by atoms with van der Waals surface area (Å²) >= 11 is 0. The number of ether oxygens (including phenoxy) is 2. The number of hydrogen-bond donors (Lipinski definition) is 6. The number of aliphatic hydroxyl groups is 4. The highest BCUT2D eigenvalue weighted by molar-refractivity contribution is 7.80. The van der Waals surface area contributed by atoms with Gasteiger partial charge in [-0.05, 0) is 12.8 Å². The van der Waals surface area contributed by atoms with Crippen LogP contribution in [0.2, 0.25) is 0 Å². The molecule has 0 spiro atoms. The second kappa shape index (κ2) is 32.2. The molecule has 53 heavy (non-hydrogen) atoms. The number of amides is 1. The lowest BCUT2D eigenvalue weighted by molar-refractivity contribution is -0.298. The fourth-order valence-corrected chi connectivity index (χ4v) is 7.56. The molecule has 0 aromatic rings. The van der Waals surface area contributed by atoms with Crippen LogP contribution in [0.5, 0.6) is 0 Å². The van der Waals surface area contributed by atoms with E-state index >= 15 is 0 Å². The van der Waals surface area contributed by atoms with Gasteiger partial charge < -0.3 is 35.2 Å². The van der Waals surface area contributed by atoms with Crippen molar-refractivity contribution in [1.82, 2.24) is 5.32 Å². The first-order valence-electron chi connectivity index (χ1n) is 21.4. The SMILES string of the molecule is CCCCCCCCCCCCCCCCCCC(=O)NC(COC1OC(CO)C(O)C(OS(=O)(=O)O)C1O)C(O)CCCCCCCCCCCC. The fourth-order valence-electron chi connectivity index (χ4n) is 7.05. The number of unbranched alkanes of at least 4 members (excludes halogenated alkanes) is 24. The summed E-state index contributed by atoms with van der Waals surface area (Å²) < 4.78 is 47.5. The van der Waals surface area contributed by atoms with Crippen LogP contribution in [0.15, 0.2) is 0 Å². The average Bonchev–Trinajstić information content (AvgIpc) is 3.12. The van der Waals surface area contributed by atoms with E-state index in [4.69, 9.17) is 14.0 Å². The first-order valence-corrected chi connectivity index (χ1v) is 22.8. The minimum atomic E-state index is -5.07. The third kappa shape index (κ3) is 25.8. The fraction of sp³-hybridized carbons (Fsp3) is 0.975. The highest BCUT2D eigenvalue weighted by Crippen LogP contribution is 2.26. The Labute approximate surface area is 322 Å². The van der Waals surface area contributed by atoms with Gasteiger partial charge in [-0.2, -0.15) is 8.42 Å². The van der Waals surface area contributed by atoms with Crippen LogP contribution in [0, 0.1) is 0 Å². The van der Waals surface area contributed by atoms with Crippen LogP contribution in [0.3, 0.4) is 0 Å². The molecule has 13 heteroatoms. The largest absolute Gasteiger partial charge is 0.397 e. The summed E-state index contributed by atoms with van der Waals surface area (Å²) in [5.74, 6) is -0.229. The van der Waals surface area contributed by atoms with Gasteiger partial charge in [0.25, 0.3) is 0 Å². The van der Waals surface area contributed by atoms with Crippen LogP contribution in [-0.4, -0.2) is 95.4 Å². The number of nitrogens with one attached hydrogen (secondary N) is 1. The lowest BCUT2D eigenvalue weighted by atomic mass is 9.99. The van der Waals surface area contributed by atoms with Gasteiger partial charge in [0, 0.05) is 6.42 Å². The number of aliphatic hydroxyl groups excluding tert-OH is 4. The minimum absolute atomic E-state index is 0.229. The van der Waals surface area contributed by atoms with E-state index < -0.39 is 59.9 Å². The Hall–Kier alpha value is -0.900. The van der Waals surface area contributed by atoms with Crippen LogP contribution < -0.4 is 5.32 Å². The highest BCUT2D eigenvalue weighted by Gasteiger charge is 2.48. The number of hydrogen-bond acceptors (Lipinski definition) is 10. The first-order chi connectivity index (χ1) is 25.5. The summed E-state index contributed by atoms with van der Waals surface area (Å²) in [4.78, 5) is 13.0. The second-order valence-electron chi connectivity index (χ2n) is 15.3. The van der Waals surface area contributed by atoms with E-state index in [1.807, 2.05) is 0 Å². The number of carbonyl (C=O) groups excluding carboxylic acids is 1. The lowest BCUT2D eigenvalue weighted by Gasteiger charge is -2.41. The molecule has 0 aromatic carbocycles. The molecule has 0 radical (unpaired) electrons. The van der Waals surface area contributed by atoms with Crippen LogP contribution >= 0.6 is 0 Å². The van der Waals surface area contributed by atoms with Gasteiger partial charge >= 0.3 is 10.4 Å². The third-order valence-electron chi connectivity index (χ3n) is 10.4. The molecule has 1 aliphatic rings. The summed E-state index contributed by atoms with van der Waals surface area (Å²) in [6.45, 7) is 3.42. The molecule has 1 saturated heterocycles. The molecule has 1 amide bonds. The zero-order valence-corrected chi connectivity index (χ0v) is 34.2. The van der Waals surface area contributed by atoms with E-state index in [1.165, 1.54) is 116 Å². The van der Waals surface area contributed by atoms with Gasteiger partial charge in [-0.15, -0.1) is 0 Å². The maximum absolute atomic E-state index is 13.0. The second-order valence-corrected chi connectivity index (χ2v) is 16.3. The van der Waals surface area contributed by atoms with Gasteiger partial charge in [0.2, 0.25) is 5.91 Å². The van der Waals surface area contributed by atoms with Gasteiger partial charge in [0.1, 0.15) is 24.4 Å². The lowest BCUT2D eigenvalue weighted by Crippen LogP contribution is -2.61. The molecule has 1 aliphatic heterocycles. The van der Waals surface area contributed by atoms with E-state index in [9.17, 15) is 33.6 Å². The first kappa shape index (κ1) is 50.1. The van der Waals surface area contributed by atoms with Gasteiger partial charge in [-0.25, -0.2) is 4.18 Å². The van der Waals surface area contributed by atoms with Gasteiger partial charge in [0.05, 0.1) is 25.4 Å². The standard InChI is InChI=1S/C40H79NO11S/c1-3-5-7-9-11-13-15-16-17-18-19-20-22-24-26-28-30-36(44)41-33(34(43)29-27-25-23-21-14-12-10-8-6-4-2)32-50-40-38(46)39(52-53(47,48)49)37(45)35(31-42)51-40/h33-35,37-40,42-43,45-46H,3-32H2,1-2H3,(H,41,44)(H,47,48,49). The average molecular weight is 782 g/mol. The molecule has 7 unspecified atom stereocenters. The molecule has 0 aliphatic carbocycles. The van der Waals surface area contributed by atoms with Crippen LogP contribution in [-0.2, 0) is 28.9 Å². The zero-order valence-electron chi connectivity index (χ0n) is 33.3. The summed E-state index contributed by atoms with van der Waals surface area (Å²) in [5, 5.41) is 44.6. The van der Waals surface area contributed by atoms with Crippen LogP contribution in [0.1, 0.15) is 194 Å². The zero-order chi connectivity index (χ0) is 39.2. The van der Waals surface area contributed by atoms with Crippen molar-refractivity contribution in [2.75, 3.05) is 13.2 Å². The molecule has 0 saturated carbocycles. The summed E-state index contributed by atoms with van der Waals surface area (Å²) in [6, 6.07) is -0.849. The van der Waals surface area contributed by atoms with E-state index in [0.717, 1.165) is 51.4 Å². The molecule has 7 atom stereocenters. The number of carbonyl (C=O) groups is 1. The van der Waals surface area contributed by atoms with Gasteiger partial charge in [-0.3, -0.25) is 9.35 Å². The van der Waals surface area contributed by atoms with E-state index in [1.54, 1.807) is 0 Å². The monoisotopic (exact) mass is 782 g/mol. The Kier molecular flexibility index (Phi) is 30.5. The van der Waals surface area contributed by atoms with Crippen molar-refractivity contribution >= 4 is 16.3 Å². The molecule has 6 N–H and O–H groups in total. The van der Waals surface area contributed by atoms with Crippen molar-refractivity contribution in [3.63, 3.8) is 0 Å². The highest BCUT2D eigenvalue weighted by atomic mass is 32.3. The predicted molar refractivity (Wildman–Crippen MR) is 209 cm³/mol. The van der Waals surface area contributed by atoms with Crippen molar-refractivity contribution in [2.24, 2.45) is 0 Å². The molecular formula is C40H79NO11S. The van der Waals surface area contributed by atoms with Crippen molar-refractivity contribution < 1.29 is 51.8 Å². The Morgan fingerprint density at radius 2 is 1.09 bits per heavy atom. The van der Waals surface area contributed by atoms with Crippen molar-refractivity contribution in [1.29, 1.82) is 0 Å². The molecule has 1 heterocycles. The van der Waals surface area contributed by atoms with Crippen molar-refractivity contribution in [2.45, 2.75) is 236 Å². The Bertz CT molecular complexity index is 972. The topological polar surface area (TPSA) is 192 Å². The molecule has 0 bridgehead atoms. The van der Waals surface area contributed by atoms with E-state index in [0.29, 0.717) is 12.8 Å². The number of rotatable bonds is 36. The predicted octanol–water partition coefficient (Wildman–Crippen LogP) is 7.44. The molecule has 316 valence electrons. The molecule has 1 fully saturated rings. The summed E-state index contributed by atoms with van der Waals surface area (Å²) in [5.41, 5.74) is 0. The van der Waals surface area contributed by atoms with E-state index in [2.05, 4.69) is 23.3 Å². The minimum Gasteiger partial charge on any atom is -0.394 e. The summed E-state index contributed by atoms with van der Waals surface area (Å²) in [7, 11) is -5.07. The molecule has 12 nitrogen and oxygen atoms in total. The van der Waals surface area contributed by atoms with E-state index in [-0.39, 0.29) is 12.5 Å². The van der Waals surface area contributed by atoms with Crippen molar-refractivity contribution in [3.05, 3.63) is 0 Å². The van der Waals surface area contributed by atoms with Crippen LogP contribution in [0.25, 0.3) is 0 Å².